The third-order valence-electron chi connectivity index (χ3n) is 6.20. The molecule has 4 nitrogen and oxygen atoms in total. The fraction of sp³-hybridized carbons (Fsp3) is 0.778. The lowest BCUT2D eigenvalue weighted by molar-refractivity contribution is -0.0120. The Labute approximate surface area is 142 Å². The molecule has 5 rings (SSSR count). The largest absolute Gasteiger partial charge is 0.347 e. The Kier molecular flexibility index (Phi) is 4.18. The van der Waals surface area contributed by atoms with Crippen molar-refractivity contribution in [3.8, 4) is 0 Å². The highest BCUT2D eigenvalue weighted by Crippen LogP contribution is 2.53. The highest BCUT2D eigenvalue weighted by Gasteiger charge is 2.48. The summed E-state index contributed by atoms with van der Waals surface area (Å²) in [5, 5.41) is 6.09. The molecule has 4 bridgehead atoms. The highest BCUT2D eigenvalue weighted by atomic mass is 32.1. The van der Waals surface area contributed by atoms with Crippen molar-refractivity contribution in [1.29, 1.82) is 0 Å². The number of carbonyl (C=O) groups is 1. The molecule has 3 N–H and O–H groups in total. The van der Waals surface area contributed by atoms with Crippen molar-refractivity contribution >= 4 is 17.2 Å². The maximum Gasteiger partial charge on any atom is 0.270 e. The zero-order valence-corrected chi connectivity index (χ0v) is 14.6. The summed E-state index contributed by atoms with van der Waals surface area (Å²) in [6.07, 6.45) is 8.69. The Morgan fingerprint density at radius 2 is 1.96 bits per heavy atom. The summed E-state index contributed by atoms with van der Waals surface area (Å²) in [6.45, 7) is 2.12. The second kappa shape index (κ2) is 6.17. The fourth-order valence-corrected chi connectivity index (χ4v) is 6.22. The van der Waals surface area contributed by atoms with Crippen LogP contribution in [0.5, 0.6) is 0 Å². The molecular formula is C18H27N3OS. The number of aromatic nitrogens is 1. The van der Waals surface area contributed by atoms with Crippen molar-refractivity contribution in [2.45, 2.75) is 64.0 Å². The normalized spacial score (nSPS) is 36.2. The van der Waals surface area contributed by atoms with Crippen molar-refractivity contribution in [1.82, 2.24) is 10.3 Å². The zero-order valence-electron chi connectivity index (χ0n) is 13.8. The smallest absolute Gasteiger partial charge is 0.270 e. The minimum atomic E-state index is -0.0345. The van der Waals surface area contributed by atoms with Gasteiger partial charge in [-0.1, -0.05) is 13.3 Å². The SMILES string of the molecule is CCCC(N)c1nc(C(=O)NC2C3CC4CC(C3)CC2C4)cs1. The topological polar surface area (TPSA) is 68.0 Å². The van der Waals surface area contributed by atoms with Crippen LogP contribution in [0.2, 0.25) is 0 Å². The Morgan fingerprint density at radius 1 is 1.30 bits per heavy atom. The molecule has 23 heavy (non-hydrogen) atoms. The van der Waals surface area contributed by atoms with E-state index < -0.39 is 0 Å². The zero-order chi connectivity index (χ0) is 16.0. The molecule has 4 aliphatic carbocycles. The van der Waals surface area contributed by atoms with E-state index in [9.17, 15) is 4.79 Å². The third-order valence-corrected chi connectivity index (χ3v) is 7.17. The summed E-state index contributed by atoms with van der Waals surface area (Å²) < 4.78 is 0. The van der Waals surface area contributed by atoms with Gasteiger partial charge >= 0.3 is 0 Å². The van der Waals surface area contributed by atoms with Crippen LogP contribution in [0.15, 0.2) is 5.38 Å². The number of rotatable bonds is 5. The standard InChI is InChI=1S/C18H27N3OS/c1-2-3-14(19)18-20-15(9-23-18)17(22)21-16-12-5-10-4-11(7-12)8-13(16)6-10/h9-14,16H,2-8,19H2,1H3,(H,21,22). The first kappa shape index (κ1) is 15.6. The summed E-state index contributed by atoms with van der Waals surface area (Å²) in [4.78, 5) is 17.1. The molecule has 0 saturated heterocycles. The van der Waals surface area contributed by atoms with Gasteiger partial charge in [0.15, 0.2) is 0 Å². The molecule has 1 aromatic rings. The number of amides is 1. The van der Waals surface area contributed by atoms with Gasteiger partial charge in [0.1, 0.15) is 10.7 Å². The Hall–Kier alpha value is -0.940. The first-order chi connectivity index (χ1) is 11.1. The Bertz CT molecular complexity index is 557. The van der Waals surface area contributed by atoms with Gasteiger partial charge in [0.25, 0.3) is 5.91 Å². The maximum absolute atomic E-state index is 12.6. The minimum absolute atomic E-state index is 0.00803. The Morgan fingerprint density at radius 3 is 2.57 bits per heavy atom. The number of thiazole rings is 1. The predicted octanol–water partition coefficient (Wildman–Crippen LogP) is 3.50. The van der Waals surface area contributed by atoms with Gasteiger partial charge in [-0.25, -0.2) is 4.98 Å². The molecule has 0 spiro atoms. The average molecular weight is 334 g/mol. The molecule has 4 fully saturated rings. The summed E-state index contributed by atoms with van der Waals surface area (Å²) in [7, 11) is 0. The number of hydrogen-bond acceptors (Lipinski definition) is 4. The molecule has 0 aromatic carbocycles. The highest BCUT2D eigenvalue weighted by molar-refractivity contribution is 7.09. The van der Waals surface area contributed by atoms with Gasteiger partial charge in [-0.3, -0.25) is 4.79 Å². The molecule has 4 saturated carbocycles. The van der Waals surface area contributed by atoms with Crippen molar-refractivity contribution in [3.05, 3.63) is 16.1 Å². The van der Waals surface area contributed by atoms with Gasteiger partial charge in [-0.15, -0.1) is 11.3 Å². The van der Waals surface area contributed by atoms with Gasteiger partial charge in [0, 0.05) is 11.4 Å². The number of nitrogens with zero attached hydrogens (tertiary/aromatic N) is 1. The average Bonchev–Trinajstić information content (AvgIpc) is 3.00. The van der Waals surface area contributed by atoms with Crippen molar-refractivity contribution in [3.63, 3.8) is 0 Å². The maximum atomic E-state index is 12.6. The molecule has 0 radical (unpaired) electrons. The van der Waals surface area contributed by atoms with Crippen LogP contribution >= 0.6 is 11.3 Å². The van der Waals surface area contributed by atoms with E-state index in [1.807, 2.05) is 5.38 Å². The van der Waals surface area contributed by atoms with Crippen LogP contribution < -0.4 is 11.1 Å². The van der Waals surface area contributed by atoms with Gasteiger partial charge in [-0.2, -0.15) is 0 Å². The molecule has 5 heteroatoms. The molecule has 1 heterocycles. The summed E-state index contributed by atoms with van der Waals surface area (Å²) in [5.74, 6) is 3.28. The lowest BCUT2D eigenvalue weighted by Crippen LogP contribution is -2.55. The molecular weight excluding hydrogens is 306 g/mol. The number of carbonyl (C=O) groups excluding carboxylic acids is 1. The van der Waals surface area contributed by atoms with Gasteiger partial charge in [-0.05, 0) is 62.2 Å². The van der Waals surface area contributed by atoms with E-state index in [-0.39, 0.29) is 11.9 Å². The molecule has 1 aromatic heterocycles. The van der Waals surface area contributed by atoms with Gasteiger partial charge in [0.05, 0.1) is 6.04 Å². The quantitative estimate of drug-likeness (QED) is 0.866. The van der Waals surface area contributed by atoms with Crippen LogP contribution in [0.3, 0.4) is 0 Å². The van der Waals surface area contributed by atoms with E-state index in [4.69, 9.17) is 5.73 Å². The monoisotopic (exact) mass is 333 g/mol. The van der Waals surface area contributed by atoms with E-state index >= 15 is 0 Å². The summed E-state index contributed by atoms with van der Waals surface area (Å²) in [6, 6.07) is 0.345. The molecule has 4 aliphatic rings. The van der Waals surface area contributed by atoms with Crippen LogP contribution in [0.1, 0.15) is 73.4 Å². The molecule has 1 unspecified atom stereocenters. The van der Waals surface area contributed by atoms with E-state index in [0.29, 0.717) is 23.6 Å². The summed E-state index contributed by atoms with van der Waals surface area (Å²) in [5.41, 5.74) is 6.67. The number of hydrogen-bond donors (Lipinski definition) is 2. The first-order valence-electron chi connectivity index (χ1n) is 9.16. The predicted molar refractivity (Wildman–Crippen MR) is 92.2 cm³/mol. The lowest BCUT2D eigenvalue weighted by Gasteiger charge is -2.54. The van der Waals surface area contributed by atoms with Crippen LogP contribution in [-0.2, 0) is 0 Å². The first-order valence-corrected chi connectivity index (χ1v) is 10.0. The van der Waals surface area contributed by atoms with E-state index in [0.717, 1.165) is 29.7 Å². The summed E-state index contributed by atoms with van der Waals surface area (Å²) >= 11 is 1.52. The van der Waals surface area contributed by atoms with Crippen LogP contribution in [0, 0.1) is 23.7 Å². The second-order valence-corrected chi connectivity index (χ2v) is 8.79. The van der Waals surface area contributed by atoms with Gasteiger partial charge in [0.2, 0.25) is 0 Å². The lowest BCUT2D eigenvalue weighted by atomic mass is 9.54. The van der Waals surface area contributed by atoms with E-state index in [1.165, 1.54) is 43.4 Å². The second-order valence-electron chi connectivity index (χ2n) is 7.90. The molecule has 126 valence electrons. The van der Waals surface area contributed by atoms with Crippen molar-refractivity contribution < 1.29 is 4.79 Å². The number of nitrogens with two attached hydrogens (primary N) is 1. The molecule has 0 aliphatic heterocycles. The van der Waals surface area contributed by atoms with Crippen molar-refractivity contribution in [2.24, 2.45) is 29.4 Å². The van der Waals surface area contributed by atoms with E-state index in [2.05, 4.69) is 17.2 Å². The van der Waals surface area contributed by atoms with Crippen LogP contribution in [-0.4, -0.2) is 16.9 Å². The Balaban J connectivity index is 1.42. The van der Waals surface area contributed by atoms with Crippen molar-refractivity contribution in [2.75, 3.05) is 0 Å². The fourth-order valence-electron chi connectivity index (χ4n) is 5.38. The number of nitrogens with one attached hydrogen (secondary N) is 1. The molecule has 1 amide bonds. The van der Waals surface area contributed by atoms with E-state index in [1.54, 1.807) is 0 Å². The minimum Gasteiger partial charge on any atom is -0.347 e. The third kappa shape index (κ3) is 2.93. The van der Waals surface area contributed by atoms with Gasteiger partial charge < -0.3 is 11.1 Å². The molecule has 1 atom stereocenters. The van der Waals surface area contributed by atoms with Crippen LogP contribution in [0.25, 0.3) is 0 Å². The van der Waals surface area contributed by atoms with Crippen LogP contribution in [0.4, 0.5) is 0 Å².